The van der Waals surface area contributed by atoms with Gasteiger partial charge in [0.25, 0.3) is 0 Å². The largest absolute Gasteiger partial charge is 0.395 e. The first-order chi connectivity index (χ1) is 9.15. The van der Waals surface area contributed by atoms with Crippen LogP contribution in [0.4, 0.5) is 5.69 Å². The summed E-state index contributed by atoms with van der Waals surface area (Å²) in [7, 11) is 0. The Kier molecular flexibility index (Phi) is 4.83. The highest BCUT2D eigenvalue weighted by molar-refractivity contribution is 5.52. The number of aliphatic hydroxyl groups is 1. The molecule has 19 heavy (non-hydrogen) atoms. The summed E-state index contributed by atoms with van der Waals surface area (Å²) in [4.78, 5) is 2.38. The van der Waals surface area contributed by atoms with Gasteiger partial charge in [-0.05, 0) is 35.6 Å². The van der Waals surface area contributed by atoms with Crippen LogP contribution in [0.25, 0.3) is 0 Å². The average Bonchev–Trinajstić information content (AvgIpc) is 2.46. The summed E-state index contributed by atoms with van der Waals surface area (Å²) in [5, 5.41) is 12.6. The molecule has 106 valence electrons. The molecule has 1 heterocycles. The van der Waals surface area contributed by atoms with Crippen molar-refractivity contribution in [3.05, 3.63) is 29.3 Å². The Labute approximate surface area is 116 Å². The molecule has 2 N–H and O–H groups in total. The van der Waals surface area contributed by atoms with Crippen molar-refractivity contribution in [2.45, 2.75) is 39.2 Å². The second-order valence-corrected chi connectivity index (χ2v) is 5.67. The molecule has 3 nitrogen and oxygen atoms in total. The van der Waals surface area contributed by atoms with Gasteiger partial charge in [-0.15, -0.1) is 0 Å². The quantitative estimate of drug-likeness (QED) is 0.872. The van der Waals surface area contributed by atoms with E-state index in [0.29, 0.717) is 5.92 Å². The molecule has 3 heteroatoms. The molecular formula is C16H26N2O. The topological polar surface area (TPSA) is 35.5 Å². The number of nitrogens with zero attached hydrogens (tertiary/aromatic N) is 1. The summed E-state index contributed by atoms with van der Waals surface area (Å²) in [6.45, 7) is 9.78. The smallest absolute Gasteiger partial charge is 0.0601 e. The fourth-order valence-corrected chi connectivity index (χ4v) is 2.84. The molecule has 1 atom stereocenters. The summed E-state index contributed by atoms with van der Waals surface area (Å²) in [5.74, 6) is 0.581. The van der Waals surface area contributed by atoms with Crippen LogP contribution in [0.2, 0.25) is 0 Å². The zero-order valence-corrected chi connectivity index (χ0v) is 12.3. The van der Waals surface area contributed by atoms with Gasteiger partial charge in [-0.1, -0.05) is 26.8 Å². The Morgan fingerprint density at radius 3 is 2.84 bits per heavy atom. The van der Waals surface area contributed by atoms with E-state index in [1.54, 1.807) is 0 Å². The first-order valence-electron chi connectivity index (χ1n) is 7.37. The molecule has 0 spiro atoms. The molecule has 0 unspecified atom stereocenters. The lowest BCUT2D eigenvalue weighted by atomic mass is 9.95. The van der Waals surface area contributed by atoms with Gasteiger partial charge in [0.15, 0.2) is 0 Å². The van der Waals surface area contributed by atoms with Crippen molar-refractivity contribution in [1.29, 1.82) is 0 Å². The van der Waals surface area contributed by atoms with E-state index in [0.717, 1.165) is 26.1 Å². The predicted molar refractivity (Wildman–Crippen MR) is 81.0 cm³/mol. The fourth-order valence-electron chi connectivity index (χ4n) is 2.84. The van der Waals surface area contributed by atoms with E-state index >= 15 is 0 Å². The fraction of sp³-hybridized carbons (Fsp3) is 0.625. The highest BCUT2D eigenvalue weighted by Gasteiger charge is 2.19. The summed E-state index contributed by atoms with van der Waals surface area (Å²) in [5.41, 5.74) is 4.20. The van der Waals surface area contributed by atoms with E-state index < -0.39 is 0 Å². The molecule has 0 saturated carbocycles. The predicted octanol–water partition coefficient (Wildman–Crippen LogP) is 2.14. The van der Waals surface area contributed by atoms with Crippen LogP contribution >= 0.6 is 0 Å². The first-order valence-corrected chi connectivity index (χ1v) is 7.37. The van der Waals surface area contributed by atoms with Gasteiger partial charge in [0.1, 0.15) is 0 Å². The minimum Gasteiger partial charge on any atom is -0.395 e. The molecule has 0 aromatic heterocycles. The Hall–Kier alpha value is -1.06. The van der Waals surface area contributed by atoms with Gasteiger partial charge >= 0.3 is 0 Å². The second-order valence-electron chi connectivity index (χ2n) is 5.67. The molecular weight excluding hydrogens is 236 g/mol. The van der Waals surface area contributed by atoms with Crippen LogP contribution in [0.1, 0.15) is 37.8 Å². The number of hydrogen-bond acceptors (Lipinski definition) is 3. The normalized spacial score (nSPS) is 20.1. The van der Waals surface area contributed by atoms with Gasteiger partial charge in [0.05, 0.1) is 6.61 Å². The molecule has 1 aromatic carbocycles. The highest BCUT2D eigenvalue weighted by Crippen LogP contribution is 2.26. The summed E-state index contributed by atoms with van der Waals surface area (Å²) in [6, 6.07) is 7.03. The van der Waals surface area contributed by atoms with E-state index in [1.807, 2.05) is 0 Å². The lowest BCUT2D eigenvalue weighted by molar-refractivity contribution is 0.235. The van der Waals surface area contributed by atoms with E-state index in [-0.39, 0.29) is 12.6 Å². The van der Waals surface area contributed by atoms with Crippen molar-refractivity contribution in [2.24, 2.45) is 0 Å². The van der Waals surface area contributed by atoms with Crippen molar-refractivity contribution < 1.29 is 5.11 Å². The molecule has 0 bridgehead atoms. The Morgan fingerprint density at radius 1 is 1.42 bits per heavy atom. The average molecular weight is 262 g/mol. The van der Waals surface area contributed by atoms with Gasteiger partial charge in [0, 0.05) is 31.4 Å². The van der Waals surface area contributed by atoms with Crippen LogP contribution in [0.15, 0.2) is 18.2 Å². The van der Waals surface area contributed by atoms with Crippen LogP contribution in [0, 0.1) is 0 Å². The van der Waals surface area contributed by atoms with Crippen LogP contribution < -0.4 is 10.2 Å². The summed E-state index contributed by atoms with van der Waals surface area (Å²) >= 11 is 0. The van der Waals surface area contributed by atoms with Crippen LogP contribution in [0.5, 0.6) is 0 Å². The lowest BCUT2D eigenvalue weighted by Crippen LogP contribution is -2.52. The number of nitrogens with one attached hydrogen (secondary N) is 1. The van der Waals surface area contributed by atoms with Gasteiger partial charge in [-0.3, -0.25) is 0 Å². The maximum absolute atomic E-state index is 9.28. The number of piperazine rings is 1. The van der Waals surface area contributed by atoms with Gasteiger partial charge in [-0.25, -0.2) is 0 Å². The Bertz CT molecular complexity index is 417. The molecule has 0 radical (unpaired) electrons. The molecule has 1 aromatic rings. The zero-order valence-electron chi connectivity index (χ0n) is 12.3. The maximum Gasteiger partial charge on any atom is 0.0601 e. The van der Waals surface area contributed by atoms with E-state index in [4.69, 9.17) is 0 Å². The molecule has 0 aliphatic carbocycles. The molecule has 0 amide bonds. The number of aryl methyl sites for hydroxylation is 1. The SMILES string of the molecule is CCc1cc(N2CCN[C@@H](CO)C2)ccc1C(C)C. The molecule has 1 aliphatic heterocycles. The monoisotopic (exact) mass is 262 g/mol. The highest BCUT2D eigenvalue weighted by atomic mass is 16.3. The Balaban J connectivity index is 2.20. The van der Waals surface area contributed by atoms with Crippen molar-refractivity contribution >= 4 is 5.69 Å². The Morgan fingerprint density at radius 2 is 2.21 bits per heavy atom. The van der Waals surface area contributed by atoms with Crippen molar-refractivity contribution in [2.75, 3.05) is 31.1 Å². The van der Waals surface area contributed by atoms with Crippen LogP contribution in [0.3, 0.4) is 0 Å². The zero-order chi connectivity index (χ0) is 13.8. The first kappa shape index (κ1) is 14.4. The number of hydrogen-bond donors (Lipinski definition) is 2. The van der Waals surface area contributed by atoms with Crippen LogP contribution in [-0.4, -0.2) is 37.4 Å². The molecule has 2 rings (SSSR count). The maximum atomic E-state index is 9.28. The van der Waals surface area contributed by atoms with E-state index in [9.17, 15) is 5.11 Å². The van der Waals surface area contributed by atoms with Crippen LogP contribution in [-0.2, 0) is 6.42 Å². The van der Waals surface area contributed by atoms with Crippen molar-refractivity contribution in [3.8, 4) is 0 Å². The minimum absolute atomic E-state index is 0.198. The van der Waals surface area contributed by atoms with E-state index in [2.05, 4.69) is 49.2 Å². The lowest BCUT2D eigenvalue weighted by Gasteiger charge is -2.35. The molecule has 1 aliphatic rings. The third-order valence-corrected chi connectivity index (χ3v) is 3.97. The summed E-state index contributed by atoms with van der Waals surface area (Å²) in [6.07, 6.45) is 1.08. The second kappa shape index (κ2) is 6.40. The number of benzene rings is 1. The van der Waals surface area contributed by atoms with Crippen molar-refractivity contribution in [3.63, 3.8) is 0 Å². The molecule has 1 saturated heterocycles. The minimum atomic E-state index is 0.198. The molecule has 1 fully saturated rings. The third kappa shape index (κ3) is 3.28. The van der Waals surface area contributed by atoms with E-state index in [1.165, 1.54) is 16.8 Å². The number of anilines is 1. The summed E-state index contributed by atoms with van der Waals surface area (Å²) < 4.78 is 0. The number of aliphatic hydroxyl groups excluding tert-OH is 1. The third-order valence-electron chi connectivity index (χ3n) is 3.97. The standard InChI is InChI=1S/C16H26N2O/c1-4-13-9-15(5-6-16(13)12(2)3)18-8-7-17-14(10-18)11-19/h5-6,9,12,14,17,19H,4,7-8,10-11H2,1-3H3/t14-/m1/s1. The number of rotatable bonds is 4. The van der Waals surface area contributed by atoms with Gasteiger partial charge in [-0.2, -0.15) is 0 Å². The van der Waals surface area contributed by atoms with Crippen molar-refractivity contribution in [1.82, 2.24) is 5.32 Å². The van der Waals surface area contributed by atoms with Gasteiger partial charge in [0.2, 0.25) is 0 Å². The van der Waals surface area contributed by atoms with Gasteiger partial charge < -0.3 is 15.3 Å².